The van der Waals surface area contributed by atoms with Gasteiger partial charge >= 0.3 is 0 Å². The molecule has 0 radical (unpaired) electrons. The molecular weight excluding hydrogens is 240 g/mol. The topological polar surface area (TPSA) is 66.6 Å². The van der Waals surface area contributed by atoms with E-state index in [-0.39, 0.29) is 17.2 Å². The highest BCUT2D eigenvalue weighted by Gasteiger charge is 2.18. The molecule has 0 aliphatic heterocycles. The standard InChI is InChI=1S/C15H16N2O2/c1-17(13-8-4-2-6-11(13)10-16)15(19)12-7-3-5-9-14(12)18/h2-9,18H,10,16H2,1H3. The molecule has 98 valence electrons. The van der Waals surface area contributed by atoms with Gasteiger partial charge in [0.1, 0.15) is 5.75 Å². The molecule has 1 amide bonds. The highest BCUT2D eigenvalue weighted by molar-refractivity contribution is 6.07. The smallest absolute Gasteiger partial charge is 0.261 e. The van der Waals surface area contributed by atoms with Crippen molar-refractivity contribution in [3.63, 3.8) is 0 Å². The molecule has 0 heterocycles. The number of phenolic OH excluding ortho intramolecular Hbond substituents is 1. The minimum atomic E-state index is -0.265. The molecule has 0 bridgehead atoms. The molecule has 0 aliphatic carbocycles. The van der Waals surface area contributed by atoms with Crippen LogP contribution < -0.4 is 10.6 Å². The summed E-state index contributed by atoms with van der Waals surface area (Å²) >= 11 is 0. The third kappa shape index (κ3) is 2.58. The van der Waals surface area contributed by atoms with Gasteiger partial charge in [-0.1, -0.05) is 30.3 Å². The average Bonchev–Trinajstić information content (AvgIpc) is 2.46. The first-order valence-electron chi connectivity index (χ1n) is 5.99. The lowest BCUT2D eigenvalue weighted by molar-refractivity contribution is 0.0990. The van der Waals surface area contributed by atoms with E-state index in [9.17, 15) is 9.90 Å². The number of nitrogens with two attached hydrogens (primary N) is 1. The van der Waals surface area contributed by atoms with Crippen LogP contribution in [0.1, 0.15) is 15.9 Å². The van der Waals surface area contributed by atoms with Crippen LogP contribution >= 0.6 is 0 Å². The fraction of sp³-hybridized carbons (Fsp3) is 0.133. The van der Waals surface area contributed by atoms with Crippen LogP contribution in [-0.2, 0) is 6.54 Å². The van der Waals surface area contributed by atoms with Gasteiger partial charge in [-0.25, -0.2) is 0 Å². The van der Waals surface area contributed by atoms with Gasteiger partial charge in [0, 0.05) is 19.3 Å². The van der Waals surface area contributed by atoms with E-state index in [1.165, 1.54) is 11.0 Å². The Morgan fingerprint density at radius 1 is 1.16 bits per heavy atom. The van der Waals surface area contributed by atoms with Crippen LogP contribution in [0.25, 0.3) is 0 Å². The van der Waals surface area contributed by atoms with Crippen LogP contribution in [0.4, 0.5) is 5.69 Å². The molecule has 0 aliphatic rings. The zero-order valence-corrected chi connectivity index (χ0v) is 10.7. The maximum Gasteiger partial charge on any atom is 0.261 e. The van der Waals surface area contributed by atoms with Gasteiger partial charge in [-0.2, -0.15) is 0 Å². The van der Waals surface area contributed by atoms with Gasteiger partial charge in [0.05, 0.1) is 5.56 Å². The first-order valence-corrected chi connectivity index (χ1v) is 5.99. The lowest BCUT2D eigenvalue weighted by Crippen LogP contribution is -2.27. The van der Waals surface area contributed by atoms with Gasteiger partial charge in [-0.15, -0.1) is 0 Å². The van der Waals surface area contributed by atoms with E-state index in [4.69, 9.17) is 5.73 Å². The van der Waals surface area contributed by atoms with E-state index in [0.29, 0.717) is 6.54 Å². The van der Waals surface area contributed by atoms with Crippen LogP contribution in [0.5, 0.6) is 5.75 Å². The molecule has 0 atom stereocenters. The van der Waals surface area contributed by atoms with E-state index in [2.05, 4.69) is 0 Å². The van der Waals surface area contributed by atoms with E-state index in [1.54, 1.807) is 25.2 Å². The van der Waals surface area contributed by atoms with Crippen molar-refractivity contribution in [3.05, 3.63) is 59.7 Å². The Kier molecular flexibility index (Phi) is 3.82. The summed E-state index contributed by atoms with van der Waals surface area (Å²) in [5, 5.41) is 9.73. The number of rotatable bonds is 3. The third-order valence-electron chi connectivity index (χ3n) is 3.01. The van der Waals surface area contributed by atoms with Crippen LogP contribution in [0.3, 0.4) is 0 Å². The van der Waals surface area contributed by atoms with E-state index in [1.807, 2.05) is 24.3 Å². The Morgan fingerprint density at radius 3 is 2.47 bits per heavy atom. The maximum absolute atomic E-state index is 12.4. The Morgan fingerprint density at radius 2 is 1.79 bits per heavy atom. The van der Waals surface area contributed by atoms with Crippen molar-refractivity contribution in [2.24, 2.45) is 5.73 Å². The fourth-order valence-electron chi connectivity index (χ4n) is 1.96. The van der Waals surface area contributed by atoms with Crippen molar-refractivity contribution >= 4 is 11.6 Å². The molecule has 0 saturated carbocycles. The minimum Gasteiger partial charge on any atom is -0.507 e. The number of carbonyl (C=O) groups excluding carboxylic acids is 1. The van der Waals surface area contributed by atoms with Gasteiger partial charge in [0.15, 0.2) is 0 Å². The summed E-state index contributed by atoms with van der Waals surface area (Å²) in [4.78, 5) is 13.9. The predicted molar refractivity (Wildman–Crippen MR) is 75.2 cm³/mol. The molecule has 4 heteroatoms. The van der Waals surface area contributed by atoms with Crippen LogP contribution in [0.15, 0.2) is 48.5 Å². The molecule has 0 aromatic heterocycles. The fourth-order valence-corrected chi connectivity index (χ4v) is 1.96. The molecule has 4 nitrogen and oxygen atoms in total. The van der Waals surface area contributed by atoms with Crippen molar-refractivity contribution in [2.75, 3.05) is 11.9 Å². The summed E-state index contributed by atoms with van der Waals surface area (Å²) in [5.41, 5.74) is 7.58. The molecule has 0 saturated heterocycles. The summed E-state index contributed by atoms with van der Waals surface area (Å²) in [6.07, 6.45) is 0. The zero-order valence-electron chi connectivity index (χ0n) is 10.7. The molecule has 2 aromatic carbocycles. The van der Waals surface area contributed by atoms with E-state index >= 15 is 0 Å². The molecule has 0 fully saturated rings. The Bertz CT molecular complexity index is 596. The number of nitrogens with zero attached hydrogens (tertiary/aromatic N) is 1. The summed E-state index contributed by atoms with van der Waals surface area (Å²) in [5.74, 6) is -0.288. The van der Waals surface area contributed by atoms with Crippen molar-refractivity contribution in [3.8, 4) is 5.75 Å². The molecule has 19 heavy (non-hydrogen) atoms. The van der Waals surface area contributed by atoms with Gasteiger partial charge in [0.2, 0.25) is 0 Å². The van der Waals surface area contributed by atoms with Crippen molar-refractivity contribution < 1.29 is 9.90 Å². The molecule has 2 aromatic rings. The largest absolute Gasteiger partial charge is 0.507 e. The summed E-state index contributed by atoms with van der Waals surface area (Å²) in [6, 6.07) is 13.9. The molecule has 2 rings (SSSR count). The van der Waals surface area contributed by atoms with Crippen LogP contribution in [-0.4, -0.2) is 18.1 Å². The number of phenols is 1. The van der Waals surface area contributed by atoms with Gasteiger partial charge in [-0.3, -0.25) is 4.79 Å². The molecule has 0 unspecified atom stereocenters. The van der Waals surface area contributed by atoms with Crippen molar-refractivity contribution in [1.82, 2.24) is 0 Å². The number of benzene rings is 2. The highest BCUT2D eigenvalue weighted by atomic mass is 16.3. The van der Waals surface area contributed by atoms with Gasteiger partial charge < -0.3 is 15.7 Å². The first-order chi connectivity index (χ1) is 9.15. The first kappa shape index (κ1) is 13.1. The van der Waals surface area contributed by atoms with Crippen molar-refractivity contribution in [1.29, 1.82) is 0 Å². The molecular formula is C15H16N2O2. The van der Waals surface area contributed by atoms with Crippen LogP contribution in [0.2, 0.25) is 0 Å². The van der Waals surface area contributed by atoms with Crippen LogP contribution in [0, 0.1) is 0 Å². The summed E-state index contributed by atoms with van der Waals surface area (Å²) in [6.45, 7) is 0.356. The predicted octanol–water partition coefficient (Wildman–Crippen LogP) is 2.13. The number of amides is 1. The van der Waals surface area contributed by atoms with E-state index < -0.39 is 0 Å². The number of hydrogen-bond donors (Lipinski definition) is 2. The lowest BCUT2D eigenvalue weighted by Gasteiger charge is -2.20. The number of para-hydroxylation sites is 2. The second-order valence-electron chi connectivity index (χ2n) is 4.21. The van der Waals surface area contributed by atoms with Gasteiger partial charge in [0.25, 0.3) is 5.91 Å². The highest BCUT2D eigenvalue weighted by Crippen LogP contribution is 2.23. The number of aromatic hydroxyl groups is 1. The average molecular weight is 256 g/mol. The SMILES string of the molecule is CN(C(=O)c1ccccc1O)c1ccccc1CN. The second-order valence-corrected chi connectivity index (χ2v) is 4.21. The monoisotopic (exact) mass is 256 g/mol. The maximum atomic E-state index is 12.4. The van der Waals surface area contributed by atoms with Crippen molar-refractivity contribution in [2.45, 2.75) is 6.54 Å². The van der Waals surface area contributed by atoms with E-state index in [0.717, 1.165) is 11.3 Å². The number of anilines is 1. The number of carbonyl (C=O) groups is 1. The Hall–Kier alpha value is -2.33. The lowest BCUT2D eigenvalue weighted by atomic mass is 10.1. The normalized spacial score (nSPS) is 10.2. The summed E-state index contributed by atoms with van der Waals surface area (Å²) in [7, 11) is 1.67. The molecule has 0 spiro atoms. The summed E-state index contributed by atoms with van der Waals surface area (Å²) < 4.78 is 0. The Labute approximate surface area is 112 Å². The Balaban J connectivity index is 2.37. The second kappa shape index (κ2) is 5.54. The van der Waals surface area contributed by atoms with Gasteiger partial charge in [-0.05, 0) is 23.8 Å². The third-order valence-corrected chi connectivity index (χ3v) is 3.01. The molecule has 3 N–H and O–H groups in total. The number of hydrogen-bond acceptors (Lipinski definition) is 3. The quantitative estimate of drug-likeness (QED) is 0.884. The minimum absolute atomic E-state index is 0.0235. The zero-order chi connectivity index (χ0) is 13.8.